The van der Waals surface area contributed by atoms with Crippen molar-refractivity contribution in [2.45, 2.75) is 38.5 Å². The van der Waals surface area contributed by atoms with Crippen molar-refractivity contribution in [2.24, 2.45) is 0 Å². The average Bonchev–Trinajstić information content (AvgIpc) is 3.66. The lowest BCUT2D eigenvalue weighted by Gasteiger charge is -2.29. The summed E-state index contributed by atoms with van der Waals surface area (Å²) in [5, 5.41) is 9.83. The third kappa shape index (κ3) is 7.57. The normalized spacial score (nSPS) is 11.8. The molecule has 0 aliphatic carbocycles. The highest BCUT2D eigenvalue weighted by Crippen LogP contribution is 2.42. The first-order chi connectivity index (χ1) is 30.7. The Balaban J connectivity index is 1.05. The Kier molecular flexibility index (Phi) is 10.2. The van der Waals surface area contributed by atoms with Gasteiger partial charge in [0.25, 0.3) is 0 Å². The molecule has 1 heterocycles. The van der Waals surface area contributed by atoms with Gasteiger partial charge < -0.3 is 15.2 Å². The minimum atomic E-state index is -0.264. The van der Waals surface area contributed by atoms with Gasteiger partial charge in [-0.2, -0.15) is 0 Å². The van der Waals surface area contributed by atoms with E-state index in [1.165, 1.54) is 66.3 Å². The molecule has 0 fully saturated rings. The van der Waals surface area contributed by atoms with Crippen molar-refractivity contribution < 1.29 is 0 Å². The van der Waals surface area contributed by atoms with E-state index in [0.717, 1.165) is 28.4 Å². The first-order valence-electron chi connectivity index (χ1n) is 21.9. The molecule has 0 amide bonds. The van der Waals surface area contributed by atoms with Gasteiger partial charge in [-0.3, -0.25) is 0 Å². The highest BCUT2D eigenvalue weighted by Gasteiger charge is 2.28. The number of benzene rings is 9. The van der Waals surface area contributed by atoms with Crippen molar-refractivity contribution in [3.63, 3.8) is 0 Å². The van der Waals surface area contributed by atoms with Crippen molar-refractivity contribution in [3.8, 4) is 27.9 Å². The van der Waals surface area contributed by atoms with Crippen molar-refractivity contribution in [1.29, 1.82) is 0 Å². The second-order valence-corrected chi connectivity index (χ2v) is 17.6. The van der Waals surface area contributed by atoms with Gasteiger partial charge in [0, 0.05) is 50.0 Å². The molecule has 0 radical (unpaired) electrons. The Bertz CT molecular complexity index is 3020. The molecule has 9 aromatic carbocycles. The fraction of sp³-hybridized carbons (Fsp3) is 0.100. The quantitative estimate of drug-likeness (QED) is 0.136. The summed E-state index contributed by atoms with van der Waals surface area (Å²) in [6.45, 7) is 9.30. The summed E-state index contributed by atoms with van der Waals surface area (Å²) >= 11 is 0. The second kappa shape index (κ2) is 16.3. The molecule has 0 saturated carbocycles. The summed E-state index contributed by atoms with van der Waals surface area (Å²) in [5.41, 5.74) is 17.2. The molecule has 1 aromatic heterocycles. The second-order valence-electron chi connectivity index (χ2n) is 17.6. The summed E-state index contributed by atoms with van der Waals surface area (Å²) in [6, 6.07) is 81.1. The van der Waals surface area contributed by atoms with Gasteiger partial charge >= 0.3 is 0 Å². The molecule has 0 atom stereocenters. The summed E-state index contributed by atoms with van der Waals surface area (Å²) in [5.74, 6) is 0. The molecule has 3 nitrogen and oxygen atoms in total. The molecule has 0 saturated heterocycles. The van der Waals surface area contributed by atoms with E-state index in [9.17, 15) is 0 Å². The minimum Gasteiger partial charge on any atom is -0.355 e. The Hall–Kier alpha value is -7.62. The molecule has 0 spiro atoms. The van der Waals surface area contributed by atoms with E-state index in [1.807, 2.05) is 0 Å². The molecule has 0 unspecified atom stereocenters. The van der Waals surface area contributed by atoms with Gasteiger partial charge in [-0.05, 0) is 117 Å². The molecule has 10 rings (SSSR count). The summed E-state index contributed by atoms with van der Waals surface area (Å²) in [4.78, 5) is 0. The van der Waals surface area contributed by atoms with E-state index in [4.69, 9.17) is 0 Å². The zero-order valence-electron chi connectivity index (χ0n) is 36.3. The number of para-hydroxylation sites is 5. The van der Waals surface area contributed by atoms with Crippen LogP contribution in [0.3, 0.4) is 0 Å². The maximum Gasteiger partial charge on any atom is 0.0541 e. The third-order valence-electron chi connectivity index (χ3n) is 12.9. The fourth-order valence-corrected chi connectivity index (χ4v) is 9.35. The summed E-state index contributed by atoms with van der Waals surface area (Å²) in [7, 11) is 0. The van der Waals surface area contributed by atoms with Crippen molar-refractivity contribution in [2.75, 3.05) is 10.6 Å². The van der Waals surface area contributed by atoms with Gasteiger partial charge in [-0.15, -0.1) is 0 Å². The van der Waals surface area contributed by atoms with Crippen LogP contribution in [0.5, 0.6) is 0 Å². The van der Waals surface area contributed by atoms with Crippen molar-refractivity contribution in [1.82, 2.24) is 4.57 Å². The van der Waals surface area contributed by atoms with E-state index in [0.29, 0.717) is 0 Å². The van der Waals surface area contributed by atoms with Crippen LogP contribution in [0.25, 0.3) is 49.7 Å². The molecular weight excluding hydrogens is 763 g/mol. The number of anilines is 4. The minimum absolute atomic E-state index is 0.264. The Morgan fingerprint density at radius 3 is 1.16 bits per heavy atom. The van der Waals surface area contributed by atoms with Gasteiger partial charge in [0.05, 0.1) is 11.0 Å². The standard InChI is InChI=1S/C60H51N3/c1-59(2,53-30-14-16-32-55(53)61-48-24-8-5-9-25-48)46-22-18-20-42(38-46)44-34-36-57-51(40-44)52-41-45(35-37-58(52)63(57)50-28-12-7-13-29-50)43-21-19-23-47(39-43)60(3,4)54-31-15-17-33-56(54)62-49-26-10-6-11-27-49/h5-41,61-62H,1-4H3. The predicted molar refractivity (Wildman–Crippen MR) is 268 cm³/mol. The third-order valence-corrected chi connectivity index (χ3v) is 12.9. The van der Waals surface area contributed by atoms with E-state index >= 15 is 0 Å². The molecule has 63 heavy (non-hydrogen) atoms. The summed E-state index contributed by atoms with van der Waals surface area (Å²) < 4.78 is 2.41. The summed E-state index contributed by atoms with van der Waals surface area (Å²) in [6.07, 6.45) is 0. The number of aromatic nitrogens is 1. The van der Waals surface area contributed by atoms with Crippen LogP contribution in [-0.2, 0) is 10.8 Å². The zero-order valence-corrected chi connectivity index (χ0v) is 36.3. The van der Waals surface area contributed by atoms with Crippen LogP contribution in [0.4, 0.5) is 22.7 Å². The van der Waals surface area contributed by atoms with Gasteiger partial charge in [0.15, 0.2) is 0 Å². The topological polar surface area (TPSA) is 29.0 Å². The number of rotatable bonds is 11. The number of nitrogens with one attached hydrogen (secondary N) is 2. The first kappa shape index (κ1) is 39.5. The number of nitrogens with zero attached hydrogens (tertiary/aromatic N) is 1. The monoisotopic (exact) mass is 813 g/mol. The SMILES string of the molecule is CC(C)(c1cccc(-c2ccc3c(c2)c2cc(-c4cccc(C(C)(C)c5ccccc5Nc5ccccc5)c4)ccc2n3-c2ccccc2)c1)c1ccccc1Nc1ccccc1. The molecular formula is C60H51N3. The molecule has 10 aromatic rings. The Morgan fingerprint density at radius 1 is 0.333 bits per heavy atom. The molecule has 306 valence electrons. The van der Waals surface area contributed by atoms with E-state index < -0.39 is 0 Å². The van der Waals surface area contributed by atoms with Gasteiger partial charge in [0.2, 0.25) is 0 Å². The predicted octanol–water partition coefficient (Wildman–Crippen LogP) is 16.3. The van der Waals surface area contributed by atoms with Crippen LogP contribution in [0.15, 0.2) is 224 Å². The Labute approximate surface area is 371 Å². The van der Waals surface area contributed by atoms with Crippen molar-refractivity contribution >= 4 is 44.6 Å². The van der Waals surface area contributed by atoms with Crippen LogP contribution in [0.2, 0.25) is 0 Å². The van der Waals surface area contributed by atoms with E-state index in [2.05, 4.69) is 267 Å². The first-order valence-corrected chi connectivity index (χ1v) is 21.9. The van der Waals surface area contributed by atoms with Crippen LogP contribution in [-0.4, -0.2) is 4.57 Å². The Morgan fingerprint density at radius 2 is 0.714 bits per heavy atom. The van der Waals surface area contributed by atoms with Crippen LogP contribution in [0.1, 0.15) is 49.9 Å². The van der Waals surface area contributed by atoms with E-state index in [1.54, 1.807) is 0 Å². The van der Waals surface area contributed by atoms with Gasteiger partial charge in [-0.25, -0.2) is 0 Å². The number of hydrogen-bond donors (Lipinski definition) is 2. The van der Waals surface area contributed by atoms with Crippen LogP contribution in [0, 0.1) is 0 Å². The zero-order chi connectivity index (χ0) is 43.0. The molecule has 0 aliphatic heterocycles. The highest BCUT2D eigenvalue weighted by molar-refractivity contribution is 6.11. The fourth-order valence-electron chi connectivity index (χ4n) is 9.35. The largest absolute Gasteiger partial charge is 0.355 e. The lowest BCUT2D eigenvalue weighted by atomic mass is 9.76. The molecule has 3 heteroatoms. The van der Waals surface area contributed by atoms with Crippen molar-refractivity contribution in [3.05, 3.63) is 247 Å². The maximum absolute atomic E-state index is 3.69. The lowest BCUT2D eigenvalue weighted by molar-refractivity contribution is 0.643. The smallest absolute Gasteiger partial charge is 0.0541 e. The number of fused-ring (bicyclic) bond motifs is 3. The lowest BCUT2D eigenvalue weighted by Crippen LogP contribution is -2.20. The van der Waals surface area contributed by atoms with E-state index in [-0.39, 0.29) is 10.8 Å². The van der Waals surface area contributed by atoms with Gasteiger partial charge in [0.1, 0.15) is 0 Å². The molecule has 0 bridgehead atoms. The number of hydrogen-bond acceptors (Lipinski definition) is 2. The van der Waals surface area contributed by atoms with Crippen LogP contribution >= 0.6 is 0 Å². The van der Waals surface area contributed by atoms with Crippen LogP contribution < -0.4 is 10.6 Å². The van der Waals surface area contributed by atoms with Gasteiger partial charge in [-0.1, -0.05) is 179 Å². The molecule has 2 N–H and O–H groups in total. The maximum atomic E-state index is 3.69. The average molecular weight is 814 g/mol. The molecule has 0 aliphatic rings. The highest BCUT2D eigenvalue weighted by atomic mass is 15.0.